The van der Waals surface area contributed by atoms with Crippen LogP contribution in [0.5, 0.6) is 5.75 Å². The van der Waals surface area contributed by atoms with Gasteiger partial charge in [-0.2, -0.15) is 0 Å². The summed E-state index contributed by atoms with van der Waals surface area (Å²) >= 11 is 1.37. The topological polar surface area (TPSA) is 68.5 Å². The number of aryl methyl sites for hydroxylation is 3. The van der Waals surface area contributed by atoms with Crippen molar-refractivity contribution < 1.29 is 9.53 Å². The van der Waals surface area contributed by atoms with Gasteiger partial charge in [0.1, 0.15) is 5.75 Å². The molecule has 0 bridgehead atoms. The fourth-order valence-electron chi connectivity index (χ4n) is 3.67. The van der Waals surface area contributed by atoms with E-state index in [2.05, 4.69) is 48.4 Å². The molecule has 30 heavy (non-hydrogen) atoms. The van der Waals surface area contributed by atoms with Crippen molar-refractivity contribution in [2.24, 2.45) is 0 Å². The Morgan fingerprint density at radius 1 is 1.10 bits per heavy atom. The summed E-state index contributed by atoms with van der Waals surface area (Å²) in [5, 5.41) is 13.5. The van der Waals surface area contributed by atoms with Crippen molar-refractivity contribution in [3.8, 4) is 5.75 Å². The van der Waals surface area contributed by atoms with Crippen molar-refractivity contribution in [1.82, 2.24) is 14.6 Å². The Bertz CT molecular complexity index is 1250. The second-order valence-corrected chi connectivity index (χ2v) is 8.19. The molecule has 6 nitrogen and oxygen atoms in total. The standard InChI is InChI=1S/C23H24N4O2S/c1-5-29-19-9-7-6-8-18(19)24-21(28)13-30-23-26-25-20-12-15(3)17-11-14(2)10-16(4)22(17)27(20)23/h6-12H,5,13H2,1-4H3,(H,24,28). The highest BCUT2D eigenvalue weighted by Crippen LogP contribution is 2.29. The fraction of sp³-hybridized carbons (Fsp3) is 0.261. The van der Waals surface area contributed by atoms with Crippen LogP contribution in [0.25, 0.3) is 16.6 Å². The number of aromatic nitrogens is 3. The van der Waals surface area contributed by atoms with Crippen LogP contribution in [0.2, 0.25) is 0 Å². The molecule has 0 spiro atoms. The predicted octanol–water partition coefficient (Wildman–Crippen LogP) is 4.94. The first-order valence-corrected chi connectivity index (χ1v) is 10.9. The van der Waals surface area contributed by atoms with Crippen molar-refractivity contribution in [1.29, 1.82) is 0 Å². The molecule has 0 saturated heterocycles. The first kappa shape index (κ1) is 20.2. The monoisotopic (exact) mass is 420 g/mol. The number of benzene rings is 2. The summed E-state index contributed by atoms with van der Waals surface area (Å²) in [4.78, 5) is 12.6. The van der Waals surface area contributed by atoms with E-state index in [0.717, 1.165) is 16.7 Å². The third kappa shape index (κ3) is 3.85. The first-order chi connectivity index (χ1) is 14.5. The largest absolute Gasteiger partial charge is 0.492 e. The molecule has 0 aliphatic carbocycles. The number of hydrogen-bond donors (Lipinski definition) is 1. The van der Waals surface area contributed by atoms with Crippen LogP contribution >= 0.6 is 11.8 Å². The SMILES string of the molecule is CCOc1ccccc1NC(=O)CSc1nnc2cc(C)c3cc(C)cc(C)c3n12. The van der Waals surface area contributed by atoms with Crippen LogP contribution in [0.15, 0.2) is 47.6 Å². The molecule has 4 rings (SSSR count). The number of rotatable bonds is 6. The van der Waals surface area contributed by atoms with E-state index in [1.807, 2.05) is 41.7 Å². The number of para-hydroxylation sites is 2. The Morgan fingerprint density at radius 2 is 1.90 bits per heavy atom. The Labute approximate surface area is 179 Å². The molecule has 4 aromatic rings. The van der Waals surface area contributed by atoms with E-state index in [4.69, 9.17) is 4.74 Å². The van der Waals surface area contributed by atoms with Crippen molar-refractivity contribution in [2.75, 3.05) is 17.7 Å². The maximum absolute atomic E-state index is 12.6. The molecule has 0 saturated carbocycles. The zero-order valence-electron chi connectivity index (χ0n) is 17.5. The van der Waals surface area contributed by atoms with Gasteiger partial charge in [-0.1, -0.05) is 35.5 Å². The van der Waals surface area contributed by atoms with Gasteiger partial charge >= 0.3 is 0 Å². The van der Waals surface area contributed by atoms with E-state index in [-0.39, 0.29) is 11.7 Å². The number of ether oxygens (including phenoxy) is 1. The van der Waals surface area contributed by atoms with Crippen LogP contribution in [-0.2, 0) is 4.79 Å². The molecule has 2 heterocycles. The number of hydrogen-bond acceptors (Lipinski definition) is 5. The molecule has 7 heteroatoms. The van der Waals surface area contributed by atoms with Crippen LogP contribution in [0.3, 0.4) is 0 Å². The van der Waals surface area contributed by atoms with Gasteiger partial charge in [-0.15, -0.1) is 10.2 Å². The number of thioether (sulfide) groups is 1. The maximum Gasteiger partial charge on any atom is 0.234 e. The predicted molar refractivity (Wildman–Crippen MR) is 122 cm³/mol. The van der Waals surface area contributed by atoms with Crippen molar-refractivity contribution in [3.05, 3.63) is 59.2 Å². The molecule has 2 aromatic carbocycles. The van der Waals surface area contributed by atoms with Crippen LogP contribution < -0.4 is 10.1 Å². The molecule has 0 atom stereocenters. The quantitative estimate of drug-likeness (QED) is 0.448. The van der Waals surface area contributed by atoms with Crippen LogP contribution in [0, 0.1) is 20.8 Å². The molecule has 0 fully saturated rings. The summed E-state index contributed by atoms with van der Waals surface area (Å²) < 4.78 is 7.62. The van der Waals surface area contributed by atoms with Gasteiger partial charge in [0.05, 0.1) is 23.6 Å². The highest BCUT2D eigenvalue weighted by Gasteiger charge is 2.15. The number of fused-ring (bicyclic) bond motifs is 3. The minimum absolute atomic E-state index is 0.118. The lowest BCUT2D eigenvalue weighted by atomic mass is 10.0. The smallest absolute Gasteiger partial charge is 0.234 e. The fourth-order valence-corrected chi connectivity index (χ4v) is 4.42. The molecular formula is C23H24N4O2S. The zero-order chi connectivity index (χ0) is 21.3. The summed E-state index contributed by atoms with van der Waals surface area (Å²) in [6.45, 7) is 8.74. The van der Waals surface area contributed by atoms with Gasteiger partial charge in [-0.3, -0.25) is 9.20 Å². The molecule has 0 radical (unpaired) electrons. The molecule has 0 aliphatic heterocycles. The van der Waals surface area contributed by atoms with Crippen molar-refractivity contribution in [3.63, 3.8) is 0 Å². The van der Waals surface area contributed by atoms with E-state index in [9.17, 15) is 4.79 Å². The molecule has 0 aliphatic rings. The summed E-state index contributed by atoms with van der Waals surface area (Å²) in [5.74, 6) is 0.772. The summed E-state index contributed by atoms with van der Waals surface area (Å²) in [5.41, 5.74) is 6.09. The van der Waals surface area contributed by atoms with Crippen LogP contribution in [0.4, 0.5) is 5.69 Å². The minimum Gasteiger partial charge on any atom is -0.492 e. The second-order valence-electron chi connectivity index (χ2n) is 7.25. The van der Waals surface area contributed by atoms with E-state index in [0.29, 0.717) is 23.2 Å². The van der Waals surface area contributed by atoms with Gasteiger partial charge in [-0.05, 0) is 63.1 Å². The highest BCUT2D eigenvalue weighted by molar-refractivity contribution is 7.99. The zero-order valence-corrected chi connectivity index (χ0v) is 18.3. The van der Waals surface area contributed by atoms with Crippen LogP contribution in [-0.4, -0.2) is 32.9 Å². The molecule has 154 valence electrons. The molecular weight excluding hydrogens is 396 g/mol. The molecule has 0 unspecified atom stereocenters. The summed E-state index contributed by atoms with van der Waals surface area (Å²) in [6, 6.07) is 13.8. The van der Waals surface area contributed by atoms with Gasteiger partial charge in [0.2, 0.25) is 5.91 Å². The minimum atomic E-state index is -0.118. The van der Waals surface area contributed by atoms with E-state index >= 15 is 0 Å². The van der Waals surface area contributed by atoms with Gasteiger partial charge in [0, 0.05) is 5.39 Å². The second kappa shape index (κ2) is 8.36. The maximum atomic E-state index is 12.6. The third-order valence-electron chi connectivity index (χ3n) is 4.89. The van der Waals surface area contributed by atoms with Gasteiger partial charge in [-0.25, -0.2) is 0 Å². The lowest BCUT2D eigenvalue weighted by Crippen LogP contribution is -2.15. The number of amides is 1. The lowest BCUT2D eigenvalue weighted by Gasteiger charge is -2.12. The number of carbonyl (C=O) groups is 1. The van der Waals surface area contributed by atoms with Crippen molar-refractivity contribution in [2.45, 2.75) is 32.9 Å². The first-order valence-electron chi connectivity index (χ1n) is 9.88. The molecule has 2 aromatic heterocycles. The van der Waals surface area contributed by atoms with Gasteiger partial charge < -0.3 is 10.1 Å². The lowest BCUT2D eigenvalue weighted by molar-refractivity contribution is -0.113. The number of pyridine rings is 1. The van der Waals surface area contributed by atoms with Crippen molar-refractivity contribution >= 4 is 39.9 Å². The van der Waals surface area contributed by atoms with E-state index in [1.54, 1.807) is 0 Å². The third-order valence-corrected chi connectivity index (χ3v) is 5.82. The number of carbonyl (C=O) groups excluding carboxylic acids is 1. The van der Waals surface area contributed by atoms with E-state index in [1.165, 1.54) is 28.3 Å². The molecule has 1 N–H and O–H groups in total. The average Bonchev–Trinajstić information content (AvgIpc) is 3.10. The highest BCUT2D eigenvalue weighted by atomic mass is 32.2. The Morgan fingerprint density at radius 3 is 2.70 bits per heavy atom. The van der Waals surface area contributed by atoms with Gasteiger partial charge in [0.25, 0.3) is 0 Å². The number of anilines is 1. The Kier molecular flexibility index (Phi) is 5.63. The average molecular weight is 421 g/mol. The van der Waals surface area contributed by atoms with Gasteiger partial charge in [0.15, 0.2) is 10.8 Å². The number of nitrogens with zero attached hydrogens (tertiary/aromatic N) is 3. The summed E-state index contributed by atoms with van der Waals surface area (Å²) in [6.07, 6.45) is 0. The van der Waals surface area contributed by atoms with E-state index < -0.39 is 0 Å². The van der Waals surface area contributed by atoms with Crippen LogP contribution in [0.1, 0.15) is 23.6 Å². The Hall–Kier alpha value is -3.06. The number of nitrogens with one attached hydrogen (secondary N) is 1. The Balaban J connectivity index is 1.61. The summed E-state index contributed by atoms with van der Waals surface area (Å²) in [7, 11) is 0. The molecule has 1 amide bonds. The normalized spacial score (nSPS) is 11.2.